The minimum Gasteiger partial charge on any atom is -0.349 e. The number of hydrogen-bond acceptors (Lipinski definition) is 4. The minimum absolute atomic E-state index is 0.0646. The fraction of sp³-hybridized carbons (Fsp3) is 0.318. The van der Waals surface area contributed by atoms with Crippen molar-refractivity contribution in [2.75, 3.05) is 19.6 Å². The maximum Gasteiger partial charge on any atom is 0.251 e. The maximum absolute atomic E-state index is 12.6. The summed E-state index contributed by atoms with van der Waals surface area (Å²) in [5.74, 6) is -0.257. The number of rotatable bonds is 8. The molecule has 1 saturated heterocycles. The molecule has 1 amide bonds. The van der Waals surface area contributed by atoms with Crippen molar-refractivity contribution in [3.63, 3.8) is 0 Å². The lowest BCUT2D eigenvalue weighted by Crippen LogP contribution is -2.44. The molecule has 1 heterocycles. The second-order valence-electron chi connectivity index (χ2n) is 7.32. The summed E-state index contributed by atoms with van der Waals surface area (Å²) in [6, 6.07) is 14.0. The molecule has 6 nitrogen and oxygen atoms in total. The molecule has 2 N–H and O–H groups in total. The van der Waals surface area contributed by atoms with E-state index < -0.39 is 10.0 Å². The van der Waals surface area contributed by atoms with Crippen LogP contribution in [0, 0.1) is 0 Å². The van der Waals surface area contributed by atoms with Crippen molar-refractivity contribution >= 4 is 27.5 Å². The molecule has 1 aliphatic heterocycles. The zero-order valence-electron chi connectivity index (χ0n) is 16.7. The first-order valence-electron chi connectivity index (χ1n) is 9.85. The highest BCUT2D eigenvalue weighted by molar-refractivity contribution is 7.89. The smallest absolute Gasteiger partial charge is 0.251 e. The molecule has 2 aromatic rings. The molecule has 0 saturated carbocycles. The predicted octanol–water partition coefficient (Wildman–Crippen LogP) is 3.20. The van der Waals surface area contributed by atoms with Crippen LogP contribution in [-0.2, 0) is 16.6 Å². The molecule has 0 bridgehead atoms. The van der Waals surface area contributed by atoms with Crippen LogP contribution in [0.4, 0.5) is 0 Å². The number of sulfonamides is 1. The highest BCUT2D eigenvalue weighted by Gasteiger charge is 2.22. The summed E-state index contributed by atoms with van der Waals surface area (Å²) in [5, 5.41) is 3.76. The van der Waals surface area contributed by atoms with Crippen LogP contribution in [0.25, 0.3) is 0 Å². The van der Waals surface area contributed by atoms with E-state index in [9.17, 15) is 13.2 Å². The Kier molecular flexibility index (Phi) is 7.66. The van der Waals surface area contributed by atoms with Gasteiger partial charge in [-0.3, -0.25) is 9.69 Å². The zero-order valence-corrected chi connectivity index (χ0v) is 18.3. The zero-order chi connectivity index (χ0) is 21.6. The molecule has 8 heteroatoms. The summed E-state index contributed by atoms with van der Waals surface area (Å²) in [7, 11) is -3.67. The molecular weight excluding hydrogens is 422 g/mol. The van der Waals surface area contributed by atoms with Gasteiger partial charge in [0.05, 0.1) is 4.90 Å². The fourth-order valence-corrected chi connectivity index (χ4v) is 4.58. The molecule has 160 valence electrons. The van der Waals surface area contributed by atoms with Gasteiger partial charge in [-0.2, -0.15) is 0 Å². The van der Waals surface area contributed by atoms with Crippen molar-refractivity contribution in [1.29, 1.82) is 0 Å². The second kappa shape index (κ2) is 10.2. The quantitative estimate of drug-likeness (QED) is 0.609. The Morgan fingerprint density at radius 3 is 2.53 bits per heavy atom. The normalized spacial score (nSPS) is 15.6. The molecule has 1 aliphatic rings. The number of nitrogens with zero attached hydrogens (tertiary/aromatic N) is 1. The summed E-state index contributed by atoms with van der Waals surface area (Å²) in [5.41, 5.74) is 1.55. The maximum atomic E-state index is 12.6. The summed E-state index contributed by atoms with van der Waals surface area (Å²) < 4.78 is 26.9. The molecule has 30 heavy (non-hydrogen) atoms. The van der Waals surface area contributed by atoms with E-state index in [1.807, 2.05) is 24.3 Å². The minimum atomic E-state index is -3.67. The number of piperidine rings is 1. The first-order chi connectivity index (χ1) is 14.4. The largest absolute Gasteiger partial charge is 0.349 e. The molecular formula is C22H26ClN3O3S. The van der Waals surface area contributed by atoms with Gasteiger partial charge in [0.2, 0.25) is 10.0 Å². The molecule has 0 radical (unpaired) electrons. The van der Waals surface area contributed by atoms with Gasteiger partial charge >= 0.3 is 0 Å². The highest BCUT2D eigenvalue weighted by Crippen LogP contribution is 2.17. The number of hydrogen-bond donors (Lipinski definition) is 2. The molecule has 0 unspecified atom stereocenters. The molecule has 0 aliphatic carbocycles. The Hall–Kier alpha value is -2.19. The Bertz CT molecular complexity index is 985. The Morgan fingerprint density at radius 1 is 1.17 bits per heavy atom. The first-order valence-corrected chi connectivity index (χ1v) is 11.7. The Balaban J connectivity index is 1.54. The second-order valence-corrected chi connectivity index (χ2v) is 9.52. The van der Waals surface area contributed by atoms with Gasteiger partial charge in [-0.25, -0.2) is 13.1 Å². The topological polar surface area (TPSA) is 78.5 Å². The standard InChI is InChI=1S/C22H26ClN3O3S/c1-2-12-24-30(28,29)21-5-3-4-18(15-21)22(27)25-20-10-13-26(14-11-20)16-17-6-8-19(23)9-7-17/h2-9,15,20,24H,1,10-14,16H2,(H,25,27). The van der Waals surface area contributed by atoms with Crippen LogP contribution in [0.1, 0.15) is 28.8 Å². The van der Waals surface area contributed by atoms with E-state index >= 15 is 0 Å². The van der Waals surface area contributed by atoms with Gasteiger partial charge in [-0.1, -0.05) is 35.9 Å². The average Bonchev–Trinajstić information content (AvgIpc) is 2.75. The monoisotopic (exact) mass is 447 g/mol. The lowest BCUT2D eigenvalue weighted by Gasteiger charge is -2.32. The molecule has 0 spiro atoms. The van der Waals surface area contributed by atoms with Gasteiger partial charge in [0.25, 0.3) is 5.91 Å². The lowest BCUT2D eigenvalue weighted by atomic mass is 10.0. The van der Waals surface area contributed by atoms with Gasteiger partial charge in [0.15, 0.2) is 0 Å². The third kappa shape index (κ3) is 6.15. The number of halogens is 1. The van der Waals surface area contributed by atoms with Crippen LogP contribution in [0.15, 0.2) is 66.1 Å². The summed E-state index contributed by atoms with van der Waals surface area (Å²) in [4.78, 5) is 15.1. The molecule has 0 atom stereocenters. The van der Waals surface area contributed by atoms with E-state index in [1.54, 1.807) is 12.1 Å². The average molecular weight is 448 g/mol. The molecule has 3 rings (SSSR count). The number of nitrogens with one attached hydrogen (secondary N) is 2. The summed E-state index contributed by atoms with van der Waals surface area (Å²) >= 11 is 5.93. The van der Waals surface area contributed by atoms with Crippen LogP contribution in [-0.4, -0.2) is 44.9 Å². The third-order valence-electron chi connectivity index (χ3n) is 5.07. The van der Waals surface area contributed by atoms with Crippen molar-refractivity contribution in [2.24, 2.45) is 0 Å². The van der Waals surface area contributed by atoms with E-state index in [-0.39, 0.29) is 23.4 Å². The van der Waals surface area contributed by atoms with E-state index in [4.69, 9.17) is 11.6 Å². The van der Waals surface area contributed by atoms with Crippen molar-refractivity contribution in [3.05, 3.63) is 77.3 Å². The highest BCUT2D eigenvalue weighted by atomic mass is 35.5. The molecule has 2 aromatic carbocycles. The van der Waals surface area contributed by atoms with Crippen molar-refractivity contribution in [3.8, 4) is 0 Å². The SMILES string of the molecule is C=CCNS(=O)(=O)c1cccc(C(=O)NC2CCN(Cc3ccc(Cl)cc3)CC2)c1. The summed E-state index contributed by atoms with van der Waals surface area (Å²) in [6.45, 7) is 6.25. The van der Waals surface area contributed by atoms with Crippen LogP contribution in [0.5, 0.6) is 0 Å². The van der Waals surface area contributed by atoms with Crippen molar-refractivity contribution in [2.45, 2.75) is 30.3 Å². The molecule has 1 fully saturated rings. The van der Waals surface area contributed by atoms with Crippen LogP contribution in [0.2, 0.25) is 5.02 Å². The Morgan fingerprint density at radius 2 is 1.87 bits per heavy atom. The van der Waals surface area contributed by atoms with Crippen molar-refractivity contribution < 1.29 is 13.2 Å². The van der Waals surface area contributed by atoms with Crippen LogP contribution in [0.3, 0.4) is 0 Å². The third-order valence-corrected chi connectivity index (χ3v) is 6.74. The van der Waals surface area contributed by atoms with Gasteiger partial charge < -0.3 is 5.32 Å². The van der Waals surface area contributed by atoms with Gasteiger partial charge in [-0.05, 0) is 48.7 Å². The number of carbonyl (C=O) groups is 1. The fourth-order valence-electron chi connectivity index (χ4n) is 3.41. The first kappa shape index (κ1) is 22.5. The van der Waals surface area contributed by atoms with Crippen LogP contribution >= 0.6 is 11.6 Å². The van der Waals surface area contributed by atoms with E-state index in [1.165, 1.54) is 23.8 Å². The number of carbonyl (C=O) groups excluding carboxylic acids is 1. The van der Waals surface area contributed by atoms with Gasteiger partial charge in [-0.15, -0.1) is 6.58 Å². The number of likely N-dealkylation sites (tertiary alicyclic amines) is 1. The van der Waals surface area contributed by atoms with Gasteiger partial charge in [0.1, 0.15) is 0 Å². The van der Waals surface area contributed by atoms with Crippen molar-refractivity contribution in [1.82, 2.24) is 14.9 Å². The predicted molar refractivity (Wildman–Crippen MR) is 119 cm³/mol. The molecule has 0 aromatic heterocycles. The number of amides is 1. The number of benzene rings is 2. The van der Waals surface area contributed by atoms with Crippen LogP contribution < -0.4 is 10.0 Å². The van der Waals surface area contributed by atoms with E-state index in [0.29, 0.717) is 5.56 Å². The van der Waals surface area contributed by atoms with Gasteiger partial charge in [0, 0.05) is 42.8 Å². The van der Waals surface area contributed by atoms with E-state index in [2.05, 4.69) is 21.5 Å². The summed E-state index contributed by atoms with van der Waals surface area (Å²) in [6.07, 6.45) is 3.16. The lowest BCUT2D eigenvalue weighted by molar-refractivity contribution is 0.0908. The Labute approximate surface area is 183 Å². The van der Waals surface area contributed by atoms with E-state index in [0.717, 1.165) is 37.5 Å².